The molecule has 8 amide bonds. The number of fused-ring (bicyclic) bond motifs is 2. The van der Waals surface area contributed by atoms with Crippen molar-refractivity contribution in [3.05, 3.63) is 89.5 Å². The van der Waals surface area contributed by atoms with Crippen LogP contribution in [0.5, 0.6) is 17.2 Å². The first-order chi connectivity index (χ1) is 36.4. The molecule has 2 unspecified atom stereocenters. The van der Waals surface area contributed by atoms with Crippen molar-refractivity contribution >= 4 is 53.2 Å². The number of cyclic esters (lactones) is 1. The monoisotopic (exact) mass is 1070 g/mol. The van der Waals surface area contributed by atoms with Gasteiger partial charge in [0.2, 0.25) is 47.3 Å². The van der Waals surface area contributed by atoms with Gasteiger partial charge in [0.1, 0.15) is 78.0 Å². The number of piperidine rings is 1. The molecule has 5 rings (SSSR count). The van der Waals surface area contributed by atoms with E-state index in [1.54, 1.807) is 27.7 Å². The van der Waals surface area contributed by atoms with Gasteiger partial charge in [0.05, 0.1) is 0 Å². The zero-order chi connectivity index (χ0) is 56.8. The number of primary amides is 1. The van der Waals surface area contributed by atoms with Crippen molar-refractivity contribution in [2.75, 3.05) is 7.05 Å². The molecule has 2 aliphatic heterocycles. The summed E-state index contributed by atoms with van der Waals surface area (Å²) in [4.78, 5) is 130. The lowest BCUT2D eigenvalue weighted by Gasteiger charge is -2.43. The minimum Gasteiger partial charge on any atom is -0.508 e. The molecule has 2 aliphatic rings. The number of benzene rings is 3. The molecule has 77 heavy (non-hydrogen) atoms. The molecule has 12 N–H and O–H groups in total. The highest BCUT2D eigenvalue weighted by Gasteiger charge is 2.46. The second-order valence-electron chi connectivity index (χ2n) is 20.2. The van der Waals surface area contributed by atoms with Gasteiger partial charge in [0, 0.05) is 32.7 Å². The quantitative estimate of drug-likeness (QED) is 0.0797. The average Bonchev–Trinajstić information content (AvgIpc) is 3.38. The van der Waals surface area contributed by atoms with Gasteiger partial charge in [-0.05, 0) is 97.5 Å². The first-order valence-electron chi connectivity index (χ1n) is 25.7. The van der Waals surface area contributed by atoms with Gasteiger partial charge in [0.15, 0.2) is 0 Å². The highest BCUT2D eigenvalue weighted by molar-refractivity contribution is 5.98. The number of carbonyl (C=O) groups is 9. The van der Waals surface area contributed by atoms with E-state index in [0.717, 1.165) is 9.80 Å². The highest BCUT2D eigenvalue weighted by atomic mass is 16.5. The molecule has 0 aromatic heterocycles. The van der Waals surface area contributed by atoms with Crippen molar-refractivity contribution in [1.29, 1.82) is 0 Å². The Labute approximate surface area is 446 Å². The number of carbonyl (C=O) groups excluding carboxylic acids is 9. The third kappa shape index (κ3) is 16.6. The second-order valence-corrected chi connectivity index (χ2v) is 20.2. The van der Waals surface area contributed by atoms with Crippen LogP contribution in [0.1, 0.15) is 89.8 Å². The fourth-order valence-electron chi connectivity index (χ4n) is 9.10. The van der Waals surface area contributed by atoms with Crippen LogP contribution in [0.15, 0.2) is 72.8 Å². The summed E-state index contributed by atoms with van der Waals surface area (Å²) in [7, 11) is 1.34. The van der Waals surface area contributed by atoms with Gasteiger partial charge in [-0.15, -0.1) is 0 Å². The van der Waals surface area contributed by atoms with Crippen LogP contribution in [0.2, 0.25) is 0 Å². The van der Waals surface area contributed by atoms with E-state index in [-0.39, 0.29) is 68.1 Å². The van der Waals surface area contributed by atoms with Gasteiger partial charge < -0.3 is 72.4 Å². The van der Waals surface area contributed by atoms with E-state index in [9.17, 15) is 68.7 Å². The maximum atomic E-state index is 14.9. The topological polar surface area (TPSA) is 357 Å². The molecule has 23 nitrogen and oxygen atoms in total. The number of esters is 1. The number of hydrogen-bond acceptors (Lipinski definition) is 15. The molecule has 23 heteroatoms. The van der Waals surface area contributed by atoms with Gasteiger partial charge in [0.25, 0.3) is 0 Å². The summed E-state index contributed by atoms with van der Waals surface area (Å²) in [5.41, 5.74) is 6.75. The van der Waals surface area contributed by atoms with Crippen molar-refractivity contribution in [2.45, 2.75) is 153 Å². The van der Waals surface area contributed by atoms with Crippen molar-refractivity contribution in [1.82, 2.24) is 36.4 Å². The fourth-order valence-corrected chi connectivity index (χ4v) is 9.10. The third-order valence-corrected chi connectivity index (χ3v) is 13.8. The number of nitrogens with one attached hydrogen (secondary N) is 5. The number of ether oxygens (including phenoxy) is 1. The Morgan fingerprint density at radius 1 is 0.740 bits per heavy atom. The van der Waals surface area contributed by atoms with Crippen LogP contribution >= 0.6 is 0 Å². The molecule has 0 radical (unpaired) electrons. The maximum absolute atomic E-state index is 14.9. The van der Waals surface area contributed by atoms with E-state index in [1.165, 1.54) is 86.8 Å². The average molecular weight is 1070 g/mol. The number of phenols is 3. The number of aliphatic hydroxyl groups is 2. The number of hydrogen-bond donors (Lipinski definition) is 11. The molecule has 3 aromatic carbocycles. The Morgan fingerprint density at radius 3 is 1.84 bits per heavy atom. The van der Waals surface area contributed by atoms with Gasteiger partial charge in [-0.1, -0.05) is 70.5 Å². The Balaban J connectivity index is 1.62. The normalized spacial score (nSPS) is 24.2. The molecular weight excluding hydrogens is 1000 g/mol. The second kappa shape index (κ2) is 27.3. The summed E-state index contributed by atoms with van der Waals surface area (Å²) in [6, 6.07) is 6.22. The van der Waals surface area contributed by atoms with Crippen LogP contribution < -0.4 is 32.3 Å². The standard InChI is InChI=1S/C54H72N8O15/c1-7-29(4)45-54(76)77-30(5)46(60-47(69)37(20-22-43(55)67)56-50(72)42(66)27-33-12-18-36(65)19-13-33)51(73)58-39(25-31-8-14-34(63)15-9-31)48(70)57-38-21-23-44(68)62(52(38)74)41(24-28(2)3)53(75)61(6)40(49(71)59-45)26-32-10-16-35(64)17-11-32/h8-19,28-30,37-42,44-46,63-66,68H,7,20-27H2,1-6H3,(H2,55,67)(H,56,72)(H,57,70)(H,58,73)(H,59,71)(H,60,69)/t29-,30+,37-,38?,39-,40-,41-,42+,44?,45-,46-/m0/s1. The van der Waals surface area contributed by atoms with Crippen LogP contribution in [0.3, 0.4) is 0 Å². The summed E-state index contributed by atoms with van der Waals surface area (Å²) < 4.78 is 5.94. The van der Waals surface area contributed by atoms with E-state index in [0.29, 0.717) is 16.7 Å². The Morgan fingerprint density at radius 2 is 1.30 bits per heavy atom. The van der Waals surface area contributed by atoms with Crippen LogP contribution in [-0.4, -0.2) is 156 Å². The fraction of sp³-hybridized carbons (Fsp3) is 0.500. The molecular formula is C54H72N8O15. The number of aromatic hydroxyl groups is 3. The van der Waals surface area contributed by atoms with Crippen molar-refractivity contribution in [3.8, 4) is 17.2 Å². The van der Waals surface area contributed by atoms with Gasteiger partial charge >= 0.3 is 5.97 Å². The molecule has 2 saturated heterocycles. The first-order valence-corrected chi connectivity index (χ1v) is 25.7. The van der Waals surface area contributed by atoms with E-state index in [2.05, 4.69) is 26.6 Å². The lowest BCUT2D eigenvalue weighted by Crippen LogP contribution is -2.65. The zero-order valence-electron chi connectivity index (χ0n) is 44.0. The van der Waals surface area contributed by atoms with Gasteiger partial charge in [-0.25, -0.2) is 4.79 Å². The number of likely N-dealkylation sites (N-methyl/N-ethyl adjacent to an activating group) is 1. The first kappa shape index (κ1) is 60.1. The molecule has 11 atom stereocenters. The summed E-state index contributed by atoms with van der Waals surface area (Å²) in [5.74, 6) is -9.89. The zero-order valence-corrected chi connectivity index (χ0v) is 44.0. The molecule has 0 aliphatic carbocycles. The number of aliphatic hydroxyl groups excluding tert-OH is 2. The number of nitrogens with zero attached hydrogens (tertiary/aromatic N) is 2. The molecule has 2 heterocycles. The summed E-state index contributed by atoms with van der Waals surface area (Å²) in [6.07, 6.45) is -6.54. The summed E-state index contributed by atoms with van der Waals surface area (Å²) >= 11 is 0. The number of phenolic OH excluding ortho intramolecular Hbond substituents is 3. The Hall–Kier alpha value is -7.79. The van der Waals surface area contributed by atoms with E-state index >= 15 is 0 Å². The predicted octanol–water partition coefficient (Wildman–Crippen LogP) is 0.0556. The van der Waals surface area contributed by atoms with Gasteiger partial charge in [-0.2, -0.15) is 0 Å². The molecule has 2 fully saturated rings. The molecule has 0 saturated carbocycles. The van der Waals surface area contributed by atoms with Crippen molar-refractivity contribution in [3.63, 3.8) is 0 Å². The van der Waals surface area contributed by atoms with Gasteiger partial charge in [-0.3, -0.25) is 38.4 Å². The highest BCUT2D eigenvalue weighted by Crippen LogP contribution is 2.27. The van der Waals surface area contributed by atoms with E-state index < -0.39 is 133 Å². The van der Waals surface area contributed by atoms with Crippen LogP contribution in [0, 0.1) is 11.8 Å². The lowest BCUT2D eigenvalue weighted by atomic mass is 9.94. The van der Waals surface area contributed by atoms with Crippen LogP contribution in [0.4, 0.5) is 0 Å². The Bertz CT molecular complexity index is 2580. The smallest absolute Gasteiger partial charge is 0.329 e. The SMILES string of the molecule is CC[C@H](C)[C@@H]1NC(=O)[C@H](Cc2ccc(O)cc2)N(C)C(=O)[C@H](CC(C)C)N2C(=O)C(CCC2O)NC(=O)[C@H](Cc2ccc(O)cc2)NC(=O)[C@@H](NC(=O)[C@H](CCC(N)=O)NC(=O)[C@H](O)Cc2ccc(O)cc2)[C@@H](C)OC1=O. The lowest BCUT2D eigenvalue weighted by molar-refractivity contribution is -0.166. The number of nitrogens with two attached hydrogens (primary N) is 1. The van der Waals surface area contributed by atoms with Crippen molar-refractivity contribution < 1.29 is 73.4 Å². The predicted molar refractivity (Wildman–Crippen MR) is 276 cm³/mol. The van der Waals surface area contributed by atoms with Crippen LogP contribution in [0.25, 0.3) is 0 Å². The molecule has 418 valence electrons. The molecule has 2 bridgehead atoms. The van der Waals surface area contributed by atoms with Crippen LogP contribution in [-0.2, 0) is 67.2 Å². The molecule has 3 aromatic rings. The summed E-state index contributed by atoms with van der Waals surface area (Å²) in [5, 5.41) is 65.1. The minimum atomic E-state index is -1.93. The number of amides is 8. The maximum Gasteiger partial charge on any atom is 0.329 e. The third-order valence-electron chi connectivity index (χ3n) is 13.8. The van der Waals surface area contributed by atoms with E-state index in [1.807, 2.05) is 0 Å². The van der Waals surface area contributed by atoms with E-state index in [4.69, 9.17) is 10.5 Å². The molecule has 0 spiro atoms. The largest absolute Gasteiger partial charge is 0.508 e. The minimum absolute atomic E-state index is 0.00000440. The number of rotatable bonds is 17. The Kier molecular flexibility index (Phi) is 21.3. The van der Waals surface area contributed by atoms with Crippen molar-refractivity contribution in [2.24, 2.45) is 17.6 Å². The summed E-state index contributed by atoms with van der Waals surface area (Å²) in [6.45, 7) is 8.19.